The topological polar surface area (TPSA) is 74.8 Å². The molecule has 5 aromatic rings. The van der Waals surface area contributed by atoms with Crippen LogP contribution in [-0.4, -0.2) is 46.5 Å². The lowest BCUT2D eigenvalue weighted by Crippen LogP contribution is -2.40. The maximum Gasteiger partial charge on any atom is 0.261 e. The average molecular weight is 515 g/mol. The molecule has 176 valence electrons. The van der Waals surface area contributed by atoms with E-state index < -0.39 is 11.8 Å². The van der Waals surface area contributed by atoms with Crippen molar-refractivity contribution in [1.82, 2.24) is 9.80 Å². The molecule has 0 N–H and O–H groups in total. The lowest BCUT2D eigenvalue weighted by Gasteiger charge is -2.30. The van der Waals surface area contributed by atoms with Gasteiger partial charge in [0.25, 0.3) is 23.6 Å². The van der Waals surface area contributed by atoms with Gasteiger partial charge in [-0.1, -0.05) is 35.3 Å². The molecule has 0 radical (unpaired) electrons. The molecular formula is C28H16Cl2N2O4. The zero-order chi connectivity index (χ0) is 25.2. The monoisotopic (exact) mass is 514 g/mol. The third-order valence-corrected chi connectivity index (χ3v) is 8.14. The zero-order valence-corrected chi connectivity index (χ0v) is 20.7. The van der Waals surface area contributed by atoms with Crippen LogP contribution in [0.5, 0.6) is 0 Å². The quantitative estimate of drug-likeness (QED) is 0.158. The molecule has 0 spiro atoms. The van der Waals surface area contributed by atoms with Gasteiger partial charge in [0.15, 0.2) is 0 Å². The van der Waals surface area contributed by atoms with Gasteiger partial charge in [0.1, 0.15) is 0 Å². The van der Waals surface area contributed by atoms with Crippen LogP contribution in [0.2, 0.25) is 10.0 Å². The Morgan fingerprint density at radius 3 is 1.25 bits per heavy atom. The van der Waals surface area contributed by atoms with Crippen molar-refractivity contribution in [1.29, 1.82) is 0 Å². The normalized spacial score (nSPS) is 15.6. The Morgan fingerprint density at radius 1 is 0.528 bits per heavy atom. The molecule has 36 heavy (non-hydrogen) atoms. The fourth-order valence-electron chi connectivity index (χ4n) is 6.04. The van der Waals surface area contributed by atoms with E-state index in [1.807, 2.05) is 12.1 Å². The molecule has 0 atom stereocenters. The molecule has 5 aromatic carbocycles. The highest BCUT2D eigenvalue weighted by atomic mass is 35.5. The summed E-state index contributed by atoms with van der Waals surface area (Å²) in [4.78, 5) is 55.3. The number of fused-ring (bicyclic) bond motifs is 2. The van der Waals surface area contributed by atoms with Crippen molar-refractivity contribution in [3.8, 4) is 0 Å². The fourth-order valence-corrected chi connectivity index (χ4v) is 6.65. The first kappa shape index (κ1) is 21.5. The van der Waals surface area contributed by atoms with Gasteiger partial charge in [-0.15, -0.1) is 0 Å². The highest BCUT2D eigenvalue weighted by Crippen LogP contribution is 2.50. The van der Waals surface area contributed by atoms with Gasteiger partial charge < -0.3 is 0 Å². The first-order chi connectivity index (χ1) is 17.3. The summed E-state index contributed by atoms with van der Waals surface area (Å²) in [6, 6.07) is 10.3. The number of nitrogens with zero attached hydrogens (tertiary/aromatic N) is 2. The van der Waals surface area contributed by atoms with E-state index in [0.29, 0.717) is 75.4 Å². The Kier molecular flexibility index (Phi) is 4.15. The van der Waals surface area contributed by atoms with E-state index in [0.717, 1.165) is 0 Å². The van der Waals surface area contributed by atoms with Crippen molar-refractivity contribution in [2.75, 3.05) is 13.1 Å². The second-order valence-electron chi connectivity index (χ2n) is 9.09. The van der Waals surface area contributed by atoms with Crippen LogP contribution in [-0.2, 0) is 0 Å². The molecule has 0 aromatic heterocycles. The molecule has 6 nitrogen and oxygen atoms in total. The number of rotatable bonds is 2. The summed E-state index contributed by atoms with van der Waals surface area (Å²) in [5, 5.41) is 5.86. The van der Waals surface area contributed by atoms with Crippen molar-refractivity contribution in [3.05, 3.63) is 68.7 Å². The maximum absolute atomic E-state index is 13.2. The summed E-state index contributed by atoms with van der Waals surface area (Å²) in [5.41, 5.74) is 1.59. The van der Waals surface area contributed by atoms with Gasteiger partial charge in [-0.2, -0.15) is 0 Å². The summed E-state index contributed by atoms with van der Waals surface area (Å²) < 4.78 is 0. The molecule has 0 bridgehead atoms. The van der Waals surface area contributed by atoms with Crippen LogP contribution in [0.25, 0.3) is 43.1 Å². The average Bonchev–Trinajstić information content (AvgIpc) is 2.86. The minimum atomic E-state index is -0.390. The minimum absolute atomic E-state index is 0.246. The highest BCUT2D eigenvalue weighted by molar-refractivity contribution is 6.50. The van der Waals surface area contributed by atoms with Gasteiger partial charge >= 0.3 is 0 Å². The van der Waals surface area contributed by atoms with E-state index in [9.17, 15) is 19.2 Å². The number of amides is 4. The van der Waals surface area contributed by atoms with E-state index in [1.54, 1.807) is 38.1 Å². The zero-order valence-electron chi connectivity index (χ0n) is 19.2. The van der Waals surface area contributed by atoms with Crippen molar-refractivity contribution < 1.29 is 19.2 Å². The minimum Gasteiger partial charge on any atom is -0.275 e. The van der Waals surface area contributed by atoms with Gasteiger partial charge in [0.2, 0.25) is 0 Å². The van der Waals surface area contributed by atoms with Crippen LogP contribution in [0.15, 0.2) is 36.4 Å². The number of benzene rings is 5. The smallest absolute Gasteiger partial charge is 0.261 e. The van der Waals surface area contributed by atoms with E-state index in [2.05, 4.69) is 0 Å². The summed E-state index contributed by atoms with van der Waals surface area (Å²) in [5.74, 6) is -1.49. The second kappa shape index (κ2) is 6.93. The molecule has 7 rings (SSSR count). The number of carbonyl (C=O) groups is 4. The summed E-state index contributed by atoms with van der Waals surface area (Å²) in [6.07, 6.45) is 0. The predicted molar refractivity (Wildman–Crippen MR) is 140 cm³/mol. The Hall–Kier alpha value is -3.74. The SMILES string of the molecule is CCN1C(=O)c2ccc3c4c(Cl)cc5c6c(ccc(c7c(Cl)cc(c2c37)C1=O)c64)C(=O)N(CC)C5=O. The van der Waals surface area contributed by atoms with Crippen molar-refractivity contribution in [2.24, 2.45) is 0 Å². The molecular weight excluding hydrogens is 499 g/mol. The molecule has 2 aliphatic heterocycles. The lowest BCUT2D eigenvalue weighted by molar-refractivity contribution is 0.0603. The molecule has 0 aliphatic carbocycles. The van der Waals surface area contributed by atoms with Crippen LogP contribution in [0, 0.1) is 0 Å². The van der Waals surface area contributed by atoms with Gasteiger partial charge in [0.05, 0.1) is 11.1 Å². The van der Waals surface area contributed by atoms with Crippen molar-refractivity contribution >= 4 is 89.9 Å². The first-order valence-corrected chi connectivity index (χ1v) is 12.4. The fraction of sp³-hybridized carbons (Fsp3) is 0.143. The summed E-state index contributed by atoms with van der Waals surface area (Å²) in [7, 11) is 0. The number of imide groups is 2. The third kappa shape index (κ3) is 2.29. The molecule has 0 saturated heterocycles. The standard InChI is InChI=1S/C28H16Cl2N2O4/c1-3-31-25(33)13-7-5-11-22-18(30)10-16-20-14(26(34)32(4-2)28(16)36)8-6-12(24(20)22)21-17(29)9-15(27(31)35)19(13)23(11)21/h5-10H,3-4H2,1-2H3. The van der Waals surface area contributed by atoms with E-state index >= 15 is 0 Å². The Morgan fingerprint density at radius 2 is 0.889 bits per heavy atom. The largest absolute Gasteiger partial charge is 0.275 e. The van der Waals surface area contributed by atoms with Crippen LogP contribution in [0.3, 0.4) is 0 Å². The van der Waals surface area contributed by atoms with Crippen molar-refractivity contribution in [2.45, 2.75) is 13.8 Å². The van der Waals surface area contributed by atoms with Gasteiger partial charge in [-0.25, -0.2) is 0 Å². The molecule has 8 heteroatoms. The van der Waals surface area contributed by atoms with Crippen molar-refractivity contribution in [3.63, 3.8) is 0 Å². The molecule has 0 saturated carbocycles. The first-order valence-electron chi connectivity index (χ1n) is 11.6. The third-order valence-electron chi connectivity index (χ3n) is 7.54. The lowest BCUT2D eigenvalue weighted by atomic mass is 9.82. The summed E-state index contributed by atoms with van der Waals surface area (Å²) in [6.45, 7) is 4.00. The predicted octanol–water partition coefficient (Wildman–Crippen LogP) is 6.28. The van der Waals surface area contributed by atoms with Gasteiger partial charge in [0, 0.05) is 66.6 Å². The Bertz CT molecular complexity index is 1790. The number of hydrogen-bond donors (Lipinski definition) is 0. The van der Waals surface area contributed by atoms with Crippen LogP contribution in [0.1, 0.15) is 55.3 Å². The Labute approximate surface area is 214 Å². The molecule has 4 amide bonds. The van der Waals surface area contributed by atoms with E-state index in [4.69, 9.17) is 23.2 Å². The maximum atomic E-state index is 13.2. The van der Waals surface area contributed by atoms with E-state index in [1.165, 1.54) is 9.80 Å². The molecule has 0 unspecified atom stereocenters. The second-order valence-corrected chi connectivity index (χ2v) is 9.91. The van der Waals surface area contributed by atoms with Crippen LogP contribution < -0.4 is 0 Å². The Balaban J connectivity index is 1.76. The molecule has 0 fully saturated rings. The van der Waals surface area contributed by atoms with Crippen LogP contribution in [0.4, 0.5) is 0 Å². The van der Waals surface area contributed by atoms with Gasteiger partial charge in [-0.05, 0) is 48.9 Å². The number of carbonyl (C=O) groups excluding carboxylic acids is 4. The van der Waals surface area contributed by atoms with Crippen LogP contribution >= 0.6 is 23.2 Å². The van der Waals surface area contributed by atoms with Gasteiger partial charge in [-0.3, -0.25) is 29.0 Å². The highest BCUT2D eigenvalue weighted by Gasteiger charge is 2.37. The number of hydrogen-bond acceptors (Lipinski definition) is 4. The number of halogens is 2. The summed E-state index contributed by atoms with van der Waals surface area (Å²) >= 11 is 13.7. The molecule has 2 heterocycles. The van der Waals surface area contributed by atoms with E-state index in [-0.39, 0.29) is 24.9 Å². The molecule has 2 aliphatic rings.